The van der Waals surface area contributed by atoms with Crippen molar-refractivity contribution in [3.05, 3.63) is 54.1 Å². The third-order valence-electron chi connectivity index (χ3n) is 6.77. The van der Waals surface area contributed by atoms with Crippen molar-refractivity contribution in [2.24, 2.45) is 0 Å². The molecule has 2 amide bonds. The number of nitrogens with one attached hydrogen (secondary N) is 1. The molecule has 172 valence electrons. The van der Waals surface area contributed by atoms with Gasteiger partial charge in [-0.2, -0.15) is 0 Å². The number of ether oxygens (including phenoxy) is 1. The molecule has 4 rings (SSSR count). The molecule has 0 unspecified atom stereocenters. The second-order valence-corrected chi connectivity index (χ2v) is 9.19. The minimum atomic E-state index is 0.0152. The first-order chi connectivity index (χ1) is 15.5. The Kier molecular flexibility index (Phi) is 7.01. The van der Waals surface area contributed by atoms with E-state index in [1.165, 1.54) is 5.56 Å². The van der Waals surface area contributed by atoms with Crippen LogP contribution in [0.15, 0.2) is 48.5 Å². The maximum absolute atomic E-state index is 12.7. The van der Waals surface area contributed by atoms with Crippen LogP contribution in [0.4, 0.5) is 4.79 Å². The molecule has 0 radical (unpaired) electrons. The van der Waals surface area contributed by atoms with Crippen LogP contribution in [0, 0.1) is 0 Å². The molecule has 0 spiro atoms. The van der Waals surface area contributed by atoms with Crippen LogP contribution in [0.25, 0.3) is 11.1 Å². The quantitative estimate of drug-likeness (QED) is 0.749. The molecule has 2 aromatic carbocycles. The van der Waals surface area contributed by atoms with E-state index in [0.717, 1.165) is 42.8 Å². The molecule has 2 aliphatic rings. The van der Waals surface area contributed by atoms with Crippen molar-refractivity contribution in [1.82, 2.24) is 15.1 Å². The second-order valence-electron chi connectivity index (χ2n) is 9.19. The van der Waals surface area contributed by atoms with Gasteiger partial charge in [0.1, 0.15) is 5.75 Å². The Morgan fingerprint density at radius 2 is 1.88 bits per heavy atom. The smallest absolute Gasteiger partial charge is 0.317 e. The maximum atomic E-state index is 12.7. The molecule has 0 saturated carbocycles. The summed E-state index contributed by atoms with van der Waals surface area (Å²) in [6, 6.07) is 17.2. The van der Waals surface area contributed by atoms with Gasteiger partial charge in [-0.1, -0.05) is 36.4 Å². The van der Waals surface area contributed by atoms with Crippen LogP contribution in [0.1, 0.15) is 38.2 Å². The van der Waals surface area contributed by atoms with E-state index in [2.05, 4.69) is 40.5 Å². The molecule has 2 aliphatic heterocycles. The van der Waals surface area contributed by atoms with E-state index in [1.807, 2.05) is 36.9 Å². The predicted octanol–water partition coefficient (Wildman–Crippen LogP) is 3.70. The van der Waals surface area contributed by atoms with E-state index in [9.17, 15) is 9.90 Å². The molecule has 0 aromatic heterocycles. The summed E-state index contributed by atoms with van der Waals surface area (Å²) in [5, 5.41) is 13.2. The van der Waals surface area contributed by atoms with E-state index in [1.54, 1.807) is 7.11 Å². The highest BCUT2D eigenvalue weighted by Gasteiger charge is 2.49. The van der Waals surface area contributed by atoms with Crippen molar-refractivity contribution in [2.75, 3.05) is 33.4 Å². The summed E-state index contributed by atoms with van der Waals surface area (Å²) < 4.78 is 5.36. The number of carbonyl (C=O) groups excluding carboxylic acids is 1. The lowest BCUT2D eigenvalue weighted by Gasteiger charge is -2.57. The van der Waals surface area contributed by atoms with E-state index in [0.29, 0.717) is 6.54 Å². The van der Waals surface area contributed by atoms with Gasteiger partial charge in [-0.05, 0) is 62.1 Å². The van der Waals surface area contributed by atoms with E-state index in [-0.39, 0.29) is 36.7 Å². The molecular weight excluding hydrogens is 402 g/mol. The number of benzene rings is 2. The van der Waals surface area contributed by atoms with Crippen LogP contribution in [0.5, 0.6) is 5.75 Å². The average Bonchev–Trinajstić information content (AvgIpc) is 2.78. The largest absolute Gasteiger partial charge is 0.497 e. The van der Waals surface area contributed by atoms with Crippen LogP contribution in [-0.2, 0) is 0 Å². The van der Waals surface area contributed by atoms with Gasteiger partial charge in [0, 0.05) is 37.1 Å². The highest BCUT2D eigenvalue weighted by Crippen LogP contribution is 2.42. The van der Waals surface area contributed by atoms with Gasteiger partial charge in [0.15, 0.2) is 0 Å². The number of hydrogen-bond acceptors (Lipinski definition) is 4. The summed E-state index contributed by atoms with van der Waals surface area (Å²) >= 11 is 0. The number of fused-ring (bicyclic) bond motifs is 1. The second kappa shape index (κ2) is 9.92. The molecular formula is C26H35N3O3. The van der Waals surface area contributed by atoms with Crippen molar-refractivity contribution < 1.29 is 14.6 Å². The van der Waals surface area contributed by atoms with Gasteiger partial charge in [0.2, 0.25) is 0 Å². The Morgan fingerprint density at radius 1 is 1.12 bits per heavy atom. The van der Waals surface area contributed by atoms with Gasteiger partial charge in [-0.3, -0.25) is 4.90 Å². The van der Waals surface area contributed by atoms with Crippen LogP contribution in [0.2, 0.25) is 0 Å². The van der Waals surface area contributed by atoms with Crippen LogP contribution >= 0.6 is 0 Å². The number of hydrogen-bond donors (Lipinski definition) is 2. The standard InChI is InChI=1S/C26H35N3O3/c1-18(2)27-26(31)28-13-4-5-14-29-23(16-28)25(24(29)17-30)20-11-9-19(10-12-20)21-7-6-8-22(15-21)32-3/h6-12,15,18,23-25,30H,4-5,13-14,16-17H2,1-3H3,(H,27,31)/t23-,24-,25-/m0/s1. The van der Waals surface area contributed by atoms with Gasteiger partial charge < -0.3 is 20.1 Å². The summed E-state index contributed by atoms with van der Waals surface area (Å²) in [4.78, 5) is 17.1. The molecule has 6 heteroatoms. The molecule has 2 N–H and O–H groups in total. The number of methoxy groups -OCH3 is 1. The average molecular weight is 438 g/mol. The Morgan fingerprint density at radius 3 is 2.56 bits per heavy atom. The topological polar surface area (TPSA) is 65.0 Å². The monoisotopic (exact) mass is 437 g/mol. The molecule has 0 bridgehead atoms. The van der Waals surface area contributed by atoms with Crippen LogP contribution in [-0.4, -0.2) is 72.4 Å². The number of carbonyl (C=O) groups is 1. The van der Waals surface area contributed by atoms with Gasteiger partial charge in [-0.15, -0.1) is 0 Å². The lowest BCUT2D eigenvalue weighted by Crippen LogP contribution is -2.68. The molecule has 2 heterocycles. The SMILES string of the molecule is COc1cccc(-c2ccc([C@@H]3[C@H](CO)N4CCCCN(C(=O)NC(C)C)C[C@@H]34)cc2)c1. The lowest BCUT2D eigenvalue weighted by atomic mass is 9.74. The molecule has 2 aromatic rings. The normalized spacial score (nSPS) is 23.7. The summed E-state index contributed by atoms with van der Waals surface area (Å²) in [5.74, 6) is 1.06. The van der Waals surface area contributed by atoms with Gasteiger partial charge >= 0.3 is 6.03 Å². The lowest BCUT2D eigenvalue weighted by molar-refractivity contribution is -0.0591. The molecule has 0 aliphatic carbocycles. The van der Waals surface area contributed by atoms with Crippen molar-refractivity contribution >= 4 is 6.03 Å². The third kappa shape index (κ3) is 4.62. The van der Waals surface area contributed by atoms with Gasteiger partial charge in [0.05, 0.1) is 13.7 Å². The Balaban J connectivity index is 1.55. The first-order valence-electron chi connectivity index (χ1n) is 11.7. The zero-order valence-electron chi connectivity index (χ0n) is 19.3. The minimum Gasteiger partial charge on any atom is -0.497 e. The number of amides is 2. The fourth-order valence-electron chi connectivity index (χ4n) is 5.16. The molecule has 6 nitrogen and oxygen atoms in total. The van der Waals surface area contributed by atoms with Crippen molar-refractivity contribution in [2.45, 2.75) is 50.7 Å². The molecule has 2 saturated heterocycles. The number of rotatable bonds is 5. The van der Waals surface area contributed by atoms with Crippen molar-refractivity contribution in [1.29, 1.82) is 0 Å². The van der Waals surface area contributed by atoms with E-state index in [4.69, 9.17) is 4.74 Å². The number of aliphatic hydroxyl groups is 1. The van der Waals surface area contributed by atoms with Crippen molar-refractivity contribution in [3.8, 4) is 16.9 Å². The van der Waals surface area contributed by atoms with Crippen molar-refractivity contribution in [3.63, 3.8) is 0 Å². The van der Waals surface area contributed by atoms with E-state index >= 15 is 0 Å². The Hall–Kier alpha value is -2.57. The summed E-state index contributed by atoms with van der Waals surface area (Å²) in [6.07, 6.45) is 2.03. The predicted molar refractivity (Wildman–Crippen MR) is 127 cm³/mol. The fourth-order valence-corrected chi connectivity index (χ4v) is 5.16. The highest BCUT2D eigenvalue weighted by molar-refractivity contribution is 5.74. The number of aliphatic hydroxyl groups excluding tert-OH is 1. The number of urea groups is 1. The maximum Gasteiger partial charge on any atom is 0.317 e. The Bertz CT molecular complexity index is 915. The fraction of sp³-hybridized carbons (Fsp3) is 0.500. The first kappa shape index (κ1) is 22.6. The minimum absolute atomic E-state index is 0.0152. The number of nitrogens with zero attached hydrogens (tertiary/aromatic N) is 2. The van der Waals surface area contributed by atoms with Gasteiger partial charge in [-0.25, -0.2) is 4.79 Å². The zero-order chi connectivity index (χ0) is 22.7. The van der Waals surface area contributed by atoms with Gasteiger partial charge in [0.25, 0.3) is 0 Å². The van der Waals surface area contributed by atoms with E-state index < -0.39 is 0 Å². The highest BCUT2D eigenvalue weighted by atomic mass is 16.5. The summed E-state index contributed by atoms with van der Waals surface area (Å²) in [6.45, 7) is 6.58. The third-order valence-corrected chi connectivity index (χ3v) is 6.77. The molecule has 32 heavy (non-hydrogen) atoms. The Labute approximate surface area is 191 Å². The zero-order valence-corrected chi connectivity index (χ0v) is 19.3. The van der Waals surface area contributed by atoms with Crippen LogP contribution < -0.4 is 10.1 Å². The molecule has 3 atom stereocenters. The van der Waals surface area contributed by atoms with Crippen LogP contribution in [0.3, 0.4) is 0 Å². The molecule has 2 fully saturated rings. The first-order valence-corrected chi connectivity index (χ1v) is 11.7. The summed E-state index contributed by atoms with van der Waals surface area (Å²) in [7, 11) is 1.68. The summed E-state index contributed by atoms with van der Waals surface area (Å²) in [5.41, 5.74) is 3.48.